The standard InChI is InChI=1S/C5H6F6O2/c1-12-5(10,11)3(13-2-6)4(7,8)9/h3H,2H2,1H3. The normalized spacial score (nSPS) is 15.9. The van der Waals surface area contributed by atoms with Crippen LogP contribution in [0.15, 0.2) is 0 Å². The molecule has 0 N–H and O–H groups in total. The minimum atomic E-state index is -5.38. The first-order chi connectivity index (χ1) is 5.75. The van der Waals surface area contributed by atoms with Gasteiger partial charge in [-0.2, -0.15) is 22.0 Å². The Morgan fingerprint density at radius 2 is 1.62 bits per heavy atom. The fourth-order valence-electron chi connectivity index (χ4n) is 0.552. The van der Waals surface area contributed by atoms with Crippen molar-refractivity contribution in [2.24, 2.45) is 0 Å². The maximum atomic E-state index is 12.3. The molecule has 0 aliphatic rings. The van der Waals surface area contributed by atoms with Gasteiger partial charge in [-0.25, -0.2) is 4.39 Å². The third-order valence-corrected chi connectivity index (χ3v) is 1.10. The summed E-state index contributed by atoms with van der Waals surface area (Å²) in [6.07, 6.45) is -13.6. The molecule has 0 rings (SSSR count). The topological polar surface area (TPSA) is 18.5 Å². The first-order valence-electron chi connectivity index (χ1n) is 2.93. The lowest BCUT2D eigenvalue weighted by molar-refractivity contribution is -0.361. The number of alkyl halides is 6. The van der Waals surface area contributed by atoms with Gasteiger partial charge in [-0.3, -0.25) is 0 Å². The summed E-state index contributed by atoms with van der Waals surface area (Å²) in [4.78, 5) is 0. The molecule has 0 radical (unpaired) electrons. The maximum absolute atomic E-state index is 12.3. The Morgan fingerprint density at radius 1 is 1.15 bits per heavy atom. The van der Waals surface area contributed by atoms with Crippen molar-refractivity contribution < 1.29 is 35.8 Å². The van der Waals surface area contributed by atoms with E-state index in [9.17, 15) is 26.3 Å². The largest absolute Gasteiger partial charge is 0.423 e. The molecular weight excluding hydrogens is 206 g/mol. The summed E-state index contributed by atoms with van der Waals surface area (Å²) < 4.78 is 77.5. The van der Waals surface area contributed by atoms with Crippen LogP contribution in [0.4, 0.5) is 26.3 Å². The molecule has 1 unspecified atom stereocenters. The van der Waals surface area contributed by atoms with Crippen LogP contribution in [0.1, 0.15) is 0 Å². The molecule has 1 atom stereocenters. The summed E-state index contributed by atoms with van der Waals surface area (Å²) in [6.45, 7) is -1.97. The third kappa shape index (κ3) is 3.39. The predicted molar refractivity (Wildman–Crippen MR) is 28.9 cm³/mol. The van der Waals surface area contributed by atoms with Crippen molar-refractivity contribution in [3.05, 3.63) is 0 Å². The van der Waals surface area contributed by atoms with Crippen LogP contribution in [0.3, 0.4) is 0 Å². The van der Waals surface area contributed by atoms with E-state index in [2.05, 4.69) is 9.47 Å². The number of hydrogen-bond donors (Lipinski definition) is 0. The molecule has 13 heavy (non-hydrogen) atoms. The molecule has 0 saturated heterocycles. The van der Waals surface area contributed by atoms with Crippen molar-refractivity contribution in [2.75, 3.05) is 14.0 Å². The van der Waals surface area contributed by atoms with E-state index < -0.39 is 25.2 Å². The second-order valence-corrected chi connectivity index (χ2v) is 1.96. The molecule has 0 saturated carbocycles. The lowest BCUT2D eigenvalue weighted by Crippen LogP contribution is -2.47. The molecule has 0 aliphatic heterocycles. The first kappa shape index (κ1) is 12.5. The van der Waals surface area contributed by atoms with Gasteiger partial charge in [0.2, 0.25) is 6.10 Å². The molecule has 0 fully saturated rings. The van der Waals surface area contributed by atoms with E-state index >= 15 is 0 Å². The average molecular weight is 212 g/mol. The van der Waals surface area contributed by atoms with E-state index in [0.717, 1.165) is 0 Å². The van der Waals surface area contributed by atoms with Crippen molar-refractivity contribution >= 4 is 0 Å². The third-order valence-electron chi connectivity index (χ3n) is 1.10. The van der Waals surface area contributed by atoms with Gasteiger partial charge in [0.15, 0.2) is 6.86 Å². The summed E-state index contributed by atoms with van der Waals surface area (Å²) in [7, 11) is 0.361. The number of ether oxygens (including phenoxy) is 2. The Balaban J connectivity index is 4.60. The molecule has 0 aromatic rings. The zero-order chi connectivity index (χ0) is 10.7. The van der Waals surface area contributed by atoms with Gasteiger partial charge in [-0.05, 0) is 0 Å². The monoisotopic (exact) mass is 212 g/mol. The van der Waals surface area contributed by atoms with Crippen LogP contribution in [-0.4, -0.2) is 32.4 Å². The predicted octanol–water partition coefficient (Wildman–Crippen LogP) is 2.10. The van der Waals surface area contributed by atoms with Crippen LogP contribution in [-0.2, 0) is 9.47 Å². The Labute approximate surface area is 69.4 Å². The van der Waals surface area contributed by atoms with Gasteiger partial charge in [0.1, 0.15) is 0 Å². The molecule has 0 aromatic heterocycles. The van der Waals surface area contributed by atoms with Crippen LogP contribution >= 0.6 is 0 Å². The second-order valence-electron chi connectivity index (χ2n) is 1.96. The molecule has 2 nitrogen and oxygen atoms in total. The minimum absolute atomic E-state index is 0.361. The first-order valence-corrected chi connectivity index (χ1v) is 2.93. The van der Waals surface area contributed by atoms with Crippen molar-refractivity contribution in [3.8, 4) is 0 Å². The van der Waals surface area contributed by atoms with Gasteiger partial charge < -0.3 is 9.47 Å². The van der Waals surface area contributed by atoms with Gasteiger partial charge >= 0.3 is 12.3 Å². The van der Waals surface area contributed by atoms with Gasteiger partial charge in [-0.1, -0.05) is 0 Å². The van der Waals surface area contributed by atoms with Gasteiger partial charge in [0, 0.05) is 7.11 Å². The zero-order valence-corrected chi connectivity index (χ0v) is 6.37. The SMILES string of the molecule is COC(F)(F)C(OCF)C(F)(F)F. The number of halogens is 6. The summed E-state index contributed by atoms with van der Waals surface area (Å²) in [5, 5.41) is 0. The average Bonchev–Trinajstić information content (AvgIpc) is 1.98. The van der Waals surface area contributed by atoms with E-state index in [0.29, 0.717) is 7.11 Å². The van der Waals surface area contributed by atoms with Gasteiger partial charge in [-0.15, -0.1) is 0 Å². The van der Waals surface area contributed by atoms with Crippen LogP contribution in [0, 0.1) is 0 Å². The highest BCUT2D eigenvalue weighted by Crippen LogP contribution is 2.34. The molecular formula is C5H6F6O2. The fraction of sp³-hybridized carbons (Fsp3) is 1.00. The summed E-state index contributed by atoms with van der Waals surface area (Å²) >= 11 is 0. The molecule has 0 spiro atoms. The Hall–Kier alpha value is -0.500. The van der Waals surface area contributed by atoms with E-state index in [-0.39, 0.29) is 0 Å². The lowest BCUT2D eigenvalue weighted by atomic mass is 10.3. The molecule has 0 heterocycles. The van der Waals surface area contributed by atoms with Gasteiger partial charge in [0.05, 0.1) is 0 Å². The quantitative estimate of drug-likeness (QED) is 0.664. The van der Waals surface area contributed by atoms with Crippen LogP contribution in [0.5, 0.6) is 0 Å². The maximum Gasteiger partial charge on any atom is 0.423 e. The number of hydrogen-bond acceptors (Lipinski definition) is 2. The van der Waals surface area contributed by atoms with Crippen LogP contribution in [0.25, 0.3) is 0 Å². The fourth-order valence-corrected chi connectivity index (χ4v) is 0.552. The highest BCUT2D eigenvalue weighted by atomic mass is 19.4. The Bertz CT molecular complexity index is 156. The molecule has 0 amide bonds. The molecule has 0 aliphatic carbocycles. The molecule has 8 heteroatoms. The Morgan fingerprint density at radius 3 is 1.85 bits per heavy atom. The molecule has 0 aromatic carbocycles. The molecule has 80 valence electrons. The Kier molecular flexibility index (Phi) is 3.98. The highest BCUT2D eigenvalue weighted by Gasteiger charge is 2.57. The van der Waals surface area contributed by atoms with Crippen molar-refractivity contribution in [2.45, 2.75) is 18.4 Å². The van der Waals surface area contributed by atoms with Gasteiger partial charge in [0.25, 0.3) is 0 Å². The number of methoxy groups -OCH3 is 1. The van der Waals surface area contributed by atoms with E-state index in [1.807, 2.05) is 0 Å². The van der Waals surface area contributed by atoms with Crippen molar-refractivity contribution in [1.29, 1.82) is 0 Å². The van der Waals surface area contributed by atoms with E-state index in [1.54, 1.807) is 0 Å². The minimum Gasteiger partial charge on any atom is -0.329 e. The summed E-state index contributed by atoms with van der Waals surface area (Å²) in [6, 6.07) is 0. The smallest absolute Gasteiger partial charge is 0.329 e. The number of rotatable bonds is 4. The second kappa shape index (κ2) is 4.14. The van der Waals surface area contributed by atoms with E-state index in [4.69, 9.17) is 0 Å². The summed E-state index contributed by atoms with van der Waals surface area (Å²) in [5.41, 5.74) is 0. The van der Waals surface area contributed by atoms with Crippen LogP contribution in [0.2, 0.25) is 0 Å². The van der Waals surface area contributed by atoms with E-state index in [1.165, 1.54) is 0 Å². The lowest BCUT2D eigenvalue weighted by Gasteiger charge is -2.25. The summed E-state index contributed by atoms with van der Waals surface area (Å²) in [5.74, 6) is 0. The van der Waals surface area contributed by atoms with Crippen LogP contribution < -0.4 is 0 Å². The highest BCUT2D eigenvalue weighted by molar-refractivity contribution is 4.76. The zero-order valence-electron chi connectivity index (χ0n) is 6.37. The van der Waals surface area contributed by atoms with Crippen molar-refractivity contribution in [3.63, 3.8) is 0 Å². The van der Waals surface area contributed by atoms with Crippen molar-refractivity contribution in [1.82, 2.24) is 0 Å². The molecule has 0 bridgehead atoms.